The minimum atomic E-state index is 0.649. The molecule has 0 bridgehead atoms. The molecule has 2 N–H and O–H groups in total. The Kier molecular flexibility index (Phi) is 6.09. The van der Waals surface area contributed by atoms with Gasteiger partial charge in [-0.1, -0.05) is 19.9 Å². The Balaban J connectivity index is 2.62. The number of nitrogen functional groups attached to an aromatic ring is 1. The topological polar surface area (TPSA) is 45.4 Å². The molecule has 0 saturated heterocycles. The Morgan fingerprint density at radius 1 is 1.28 bits per heavy atom. The third kappa shape index (κ3) is 5.47. The molecule has 0 amide bonds. The Labute approximate surface area is 111 Å². The van der Waals surface area contributed by atoms with Crippen molar-refractivity contribution in [1.82, 2.24) is 14.8 Å². The molecule has 4 heteroatoms. The Morgan fingerprint density at radius 2 is 2.00 bits per heavy atom. The van der Waals surface area contributed by atoms with Crippen LogP contribution in [0.4, 0.5) is 5.82 Å². The second kappa shape index (κ2) is 7.34. The summed E-state index contributed by atoms with van der Waals surface area (Å²) in [6.45, 7) is 8.57. The molecule has 18 heavy (non-hydrogen) atoms. The SMILES string of the molecule is CC(C)CN(CCN(C)C)Cc1cccnc1N. The van der Waals surface area contributed by atoms with Crippen molar-refractivity contribution in [2.24, 2.45) is 5.92 Å². The van der Waals surface area contributed by atoms with E-state index in [1.54, 1.807) is 6.20 Å². The first-order valence-electron chi connectivity index (χ1n) is 6.55. The number of pyridine rings is 1. The number of nitrogens with zero attached hydrogens (tertiary/aromatic N) is 3. The lowest BCUT2D eigenvalue weighted by atomic mass is 10.1. The van der Waals surface area contributed by atoms with Crippen LogP contribution >= 0.6 is 0 Å². The fraction of sp³-hybridized carbons (Fsp3) is 0.643. The van der Waals surface area contributed by atoms with Gasteiger partial charge < -0.3 is 10.6 Å². The lowest BCUT2D eigenvalue weighted by molar-refractivity contribution is 0.212. The zero-order valence-corrected chi connectivity index (χ0v) is 12.1. The minimum absolute atomic E-state index is 0.649. The summed E-state index contributed by atoms with van der Waals surface area (Å²) in [4.78, 5) is 8.80. The molecule has 0 saturated carbocycles. The first-order valence-corrected chi connectivity index (χ1v) is 6.55. The van der Waals surface area contributed by atoms with E-state index >= 15 is 0 Å². The highest BCUT2D eigenvalue weighted by molar-refractivity contribution is 5.38. The average molecular weight is 250 g/mol. The number of nitrogens with two attached hydrogens (primary N) is 1. The highest BCUT2D eigenvalue weighted by Gasteiger charge is 2.10. The smallest absolute Gasteiger partial charge is 0.127 e. The van der Waals surface area contributed by atoms with Gasteiger partial charge in [-0.3, -0.25) is 4.90 Å². The van der Waals surface area contributed by atoms with Gasteiger partial charge in [-0.25, -0.2) is 4.98 Å². The Bertz CT molecular complexity index is 349. The molecule has 0 atom stereocenters. The molecule has 0 aliphatic rings. The van der Waals surface area contributed by atoms with Crippen LogP contribution in [0.1, 0.15) is 19.4 Å². The van der Waals surface area contributed by atoms with Gasteiger partial charge in [-0.15, -0.1) is 0 Å². The van der Waals surface area contributed by atoms with Crippen LogP contribution in [0.25, 0.3) is 0 Å². The van der Waals surface area contributed by atoms with Crippen molar-refractivity contribution in [3.8, 4) is 0 Å². The summed E-state index contributed by atoms with van der Waals surface area (Å²) in [6, 6.07) is 4.01. The minimum Gasteiger partial charge on any atom is -0.383 e. The number of hydrogen-bond donors (Lipinski definition) is 1. The maximum atomic E-state index is 5.91. The molecule has 0 fully saturated rings. The summed E-state index contributed by atoms with van der Waals surface area (Å²) in [5, 5.41) is 0. The van der Waals surface area contributed by atoms with Gasteiger partial charge in [-0.2, -0.15) is 0 Å². The van der Waals surface area contributed by atoms with Crippen LogP contribution in [-0.4, -0.2) is 48.5 Å². The number of likely N-dealkylation sites (N-methyl/N-ethyl adjacent to an activating group) is 1. The van der Waals surface area contributed by atoms with Crippen LogP contribution in [0, 0.1) is 5.92 Å². The van der Waals surface area contributed by atoms with E-state index in [9.17, 15) is 0 Å². The van der Waals surface area contributed by atoms with Gasteiger partial charge in [0.15, 0.2) is 0 Å². The highest BCUT2D eigenvalue weighted by Crippen LogP contribution is 2.12. The second-order valence-electron chi connectivity index (χ2n) is 5.48. The van der Waals surface area contributed by atoms with Crippen molar-refractivity contribution in [1.29, 1.82) is 0 Å². The lowest BCUT2D eigenvalue weighted by Crippen LogP contribution is -2.34. The highest BCUT2D eigenvalue weighted by atomic mass is 15.2. The molecule has 0 spiro atoms. The van der Waals surface area contributed by atoms with Gasteiger partial charge in [0.05, 0.1) is 0 Å². The molecule has 0 aromatic carbocycles. The second-order valence-corrected chi connectivity index (χ2v) is 5.48. The lowest BCUT2D eigenvalue weighted by Gasteiger charge is -2.26. The summed E-state index contributed by atoms with van der Waals surface area (Å²) >= 11 is 0. The molecule has 1 heterocycles. The standard InChI is InChI=1S/C14H26N4/c1-12(2)10-18(9-8-17(3)4)11-13-6-5-7-16-14(13)15/h5-7,12H,8-11H2,1-4H3,(H2,15,16). The average Bonchev–Trinajstić information content (AvgIpc) is 2.28. The van der Waals surface area contributed by atoms with Gasteiger partial charge in [-0.05, 0) is 26.1 Å². The summed E-state index contributed by atoms with van der Waals surface area (Å²) < 4.78 is 0. The first kappa shape index (κ1) is 14.9. The largest absolute Gasteiger partial charge is 0.383 e. The predicted octanol–water partition coefficient (Wildman–Crippen LogP) is 1.68. The van der Waals surface area contributed by atoms with E-state index in [1.807, 2.05) is 6.07 Å². The van der Waals surface area contributed by atoms with E-state index in [4.69, 9.17) is 5.73 Å². The number of anilines is 1. The molecular formula is C14H26N4. The summed E-state index contributed by atoms with van der Waals surface area (Å²) in [5.41, 5.74) is 7.03. The van der Waals surface area contributed by atoms with Gasteiger partial charge >= 0.3 is 0 Å². The predicted molar refractivity (Wildman–Crippen MR) is 77.3 cm³/mol. The number of hydrogen-bond acceptors (Lipinski definition) is 4. The molecule has 0 radical (unpaired) electrons. The molecule has 4 nitrogen and oxygen atoms in total. The fourth-order valence-corrected chi connectivity index (χ4v) is 1.92. The van der Waals surface area contributed by atoms with E-state index in [2.05, 4.69) is 48.8 Å². The number of aromatic nitrogens is 1. The van der Waals surface area contributed by atoms with Crippen LogP contribution in [0.5, 0.6) is 0 Å². The van der Waals surface area contributed by atoms with Gasteiger partial charge in [0.1, 0.15) is 5.82 Å². The van der Waals surface area contributed by atoms with Gasteiger partial charge in [0, 0.05) is 37.9 Å². The number of rotatable bonds is 7. The molecule has 1 aromatic heterocycles. The summed E-state index contributed by atoms with van der Waals surface area (Å²) in [6.07, 6.45) is 1.74. The van der Waals surface area contributed by atoms with Gasteiger partial charge in [0.25, 0.3) is 0 Å². The fourth-order valence-electron chi connectivity index (χ4n) is 1.92. The van der Waals surface area contributed by atoms with Crippen LogP contribution in [-0.2, 0) is 6.54 Å². The van der Waals surface area contributed by atoms with Crippen molar-refractivity contribution in [2.75, 3.05) is 39.5 Å². The molecule has 102 valence electrons. The molecule has 1 rings (SSSR count). The van der Waals surface area contributed by atoms with Crippen molar-refractivity contribution in [3.63, 3.8) is 0 Å². The maximum absolute atomic E-state index is 5.91. The van der Waals surface area contributed by atoms with Crippen LogP contribution in [0.2, 0.25) is 0 Å². The first-order chi connectivity index (χ1) is 8.49. The molecule has 0 aliphatic carbocycles. The third-order valence-electron chi connectivity index (χ3n) is 2.81. The Morgan fingerprint density at radius 3 is 2.56 bits per heavy atom. The van der Waals surface area contributed by atoms with Gasteiger partial charge in [0.2, 0.25) is 0 Å². The molecule has 0 aliphatic heterocycles. The van der Waals surface area contributed by atoms with Crippen molar-refractivity contribution in [2.45, 2.75) is 20.4 Å². The van der Waals surface area contributed by atoms with E-state index in [0.29, 0.717) is 11.7 Å². The summed E-state index contributed by atoms with van der Waals surface area (Å²) in [7, 11) is 4.21. The van der Waals surface area contributed by atoms with Crippen molar-refractivity contribution in [3.05, 3.63) is 23.9 Å². The zero-order valence-electron chi connectivity index (χ0n) is 12.1. The normalized spacial score (nSPS) is 11.7. The summed E-state index contributed by atoms with van der Waals surface area (Å²) in [5.74, 6) is 1.31. The van der Waals surface area contributed by atoms with Crippen molar-refractivity contribution >= 4 is 5.82 Å². The van der Waals surface area contributed by atoms with Crippen LogP contribution in [0.15, 0.2) is 18.3 Å². The third-order valence-corrected chi connectivity index (χ3v) is 2.81. The van der Waals surface area contributed by atoms with E-state index in [0.717, 1.165) is 31.7 Å². The van der Waals surface area contributed by atoms with E-state index in [-0.39, 0.29) is 0 Å². The quantitative estimate of drug-likeness (QED) is 0.800. The zero-order chi connectivity index (χ0) is 13.5. The molecule has 1 aromatic rings. The monoisotopic (exact) mass is 250 g/mol. The van der Waals surface area contributed by atoms with Crippen LogP contribution in [0.3, 0.4) is 0 Å². The Hall–Kier alpha value is -1.13. The van der Waals surface area contributed by atoms with E-state index < -0.39 is 0 Å². The maximum Gasteiger partial charge on any atom is 0.127 e. The molecular weight excluding hydrogens is 224 g/mol. The van der Waals surface area contributed by atoms with Crippen LogP contribution < -0.4 is 5.73 Å². The van der Waals surface area contributed by atoms with E-state index in [1.165, 1.54) is 0 Å². The van der Waals surface area contributed by atoms with Crippen molar-refractivity contribution < 1.29 is 0 Å². The molecule has 0 unspecified atom stereocenters.